The fourth-order valence-corrected chi connectivity index (χ4v) is 1.97. The van der Waals surface area contributed by atoms with Crippen LogP contribution in [0.1, 0.15) is 71.1 Å². The summed E-state index contributed by atoms with van der Waals surface area (Å²) in [4.78, 5) is 11.5. The molecule has 1 atom stereocenters. The van der Waals surface area contributed by atoms with Gasteiger partial charge in [-0.2, -0.15) is 0 Å². The van der Waals surface area contributed by atoms with Gasteiger partial charge in [0.2, 0.25) is 0 Å². The molecular formula is C15H32N2O2. The molecule has 0 aromatic rings. The summed E-state index contributed by atoms with van der Waals surface area (Å²) in [6.07, 6.45) is 11.0. The lowest BCUT2D eigenvalue weighted by molar-refractivity contribution is -0.145. The Labute approximate surface area is 118 Å². The number of unbranched alkanes of at least 4 members (excludes halogenated alkanes) is 7. The number of hydrogen-bond donors (Lipinski definition) is 2. The Balaban J connectivity index is 3.32. The van der Waals surface area contributed by atoms with Crippen LogP contribution in [-0.2, 0) is 9.53 Å². The fraction of sp³-hybridized carbons (Fsp3) is 0.933. The second kappa shape index (κ2) is 13.8. The van der Waals surface area contributed by atoms with Gasteiger partial charge < -0.3 is 16.2 Å². The van der Waals surface area contributed by atoms with E-state index in [1.807, 2.05) is 0 Å². The summed E-state index contributed by atoms with van der Waals surface area (Å²) in [7, 11) is 0. The largest absolute Gasteiger partial charge is 0.465 e. The molecule has 0 bridgehead atoms. The van der Waals surface area contributed by atoms with Crippen molar-refractivity contribution in [2.75, 3.05) is 13.2 Å². The predicted octanol–water partition coefficient (Wildman–Crippen LogP) is 2.74. The van der Waals surface area contributed by atoms with Crippen LogP contribution in [0.2, 0.25) is 0 Å². The number of esters is 1. The minimum Gasteiger partial charge on any atom is -0.465 e. The highest BCUT2D eigenvalue weighted by molar-refractivity contribution is 5.75. The normalized spacial score (nSPS) is 12.4. The molecule has 0 saturated heterocycles. The van der Waals surface area contributed by atoms with Crippen LogP contribution in [-0.4, -0.2) is 25.2 Å². The summed E-state index contributed by atoms with van der Waals surface area (Å²) in [5, 5.41) is 0. The summed E-state index contributed by atoms with van der Waals surface area (Å²) in [6.45, 7) is 3.38. The zero-order valence-electron chi connectivity index (χ0n) is 12.5. The van der Waals surface area contributed by atoms with Crippen LogP contribution in [0.4, 0.5) is 0 Å². The molecule has 0 fully saturated rings. The van der Waals surface area contributed by atoms with E-state index in [0.717, 1.165) is 25.7 Å². The van der Waals surface area contributed by atoms with Gasteiger partial charge in [0.1, 0.15) is 6.04 Å². The van der Waals surface area contributed by atoms with Gasteiger partial charge in [-0.1, -0.05) is 51.9 Å². The molecule has 1 unspecified atom stereocenters. The standard InChI is InChI=1S/C15H32N2O2/c1-2-3-4-5-6-7-10-13-19-15(18)14(17)11-8-9-12-16/h14H,2-13,16-17H2,1H3. The Morgan fingerprint density at radius 3 is 2.26 bits per heavy atom. The summed E-state index contributed by atoms with van der Waals surface area (Å²) in [6, 6.07) is -0.476. The van der Waals surface area contributed by atoms with Crippen molar-refractivity contribution in [2.24, 2.45) is 11.5 Å². The molecule has 0 aliphatic rings. The molecule has 0 saturated carbocycles. The van der Waals surface area contributed by atoms with E-state index in [2.05, 4.69) is 6.92 Å². The van der Waals surface area contributed by atoms with Crippen molar-refractivity contribution >= 4 is 5.97 Å². The maximum Gasteiger partial charge on any atom is 0.322 e. The molecule has 0 aromatic heterocycles. The van der Waals surface area contributed by atoms with Gasteiger partial charge in [-0.05, 0) is 25.8 Å². The number of hydrogen-bond acceptors (Lipinski definition) is 4. The molecule has 4 heteroatoms. The molecular weight excluding hydrogens is 240 g/mol. The highest BCUT2D eigenvalue weighted by atomic mass is 16.5. The lowest BCUT2D eigenvalue weighted by Gasteiger charge is -2.11. The number of rotatable bonds is 13. The van der Waals surface area contributed by atoms with Gasteiger partial charge in [0.15, 0.2) is 0 Å². The number of ether oxygens (including phenoxy) is 1. The van der Waals surface area contributed by atoms with E-state index >= 15 is 0 Å². The van der Waals surface area contributed by atoms with Crippen LogP contribution < -0.4 is 11.5 Å². The van der Waals surface area contributed by atoms with Gasteiger partial charge in [0.05, 0.1) is 6.61 Å². The van der Waals surface area contributed by atoms with Crippen molar-refractivity contribution in [3.05, 3.63) is 0 Å². The SMILES string of the molecule is CCCCCCCCCOC(=O)C(N)CCCCN. The minimum absolute atomic E-state index is 0.261. The zero-order chi connectivity index (χ0) is 14.3. The molecule has 0 aromatic carbocycles. The Hall–Kier alpha value is -0.610. The lowest BCUT2D eigenvalue weighted by Crippen LogP contribution is -2.32. The van der Waals surface area contributed by atoms with Crippen molar-refractivity contribution in [3.63, 3.8) is 0 Å². The van der Waals surface area contributed by atoms with Gasteiger partial charge in [-0.25, -0.2) is 0 Å². The second-order valence-corrected chi connectivity index (χ2v) is 5.18. The molecule has 0 aliphatic carbocycles. The molecule has 0 heterocycles. The average molecular weight is 272 g/mol. The Bertz CT molecular complexity index is 210. The third-order valence-electron chi connectivity index (χ3n) is 3.26. The number of carbonyl (C=O) groups excluding carboxylic acids is 1. The second-order valence-electron chi connectivity index (χ2n) is 5.18. The van der Waals surface area contributed by atoms with E-state index < -0.39 is 6.04 Å². The Kier molecular flexibility index (Phi) is 13.4. The van der Waals surface area contributed by atoms with Crippen molar-refractivity contribution in [3.8, 4) is 0 Å². The minimum atomic E-state index is -0.476. The predicted molar refractivity (Wildman–Crippen MR) is 79.8 cm³/mol. The van der Waals surface area contributed by atoms with E-state index in [4.69, 9.17) is 16.2 Å². The quantitative estimate of drug-likeness (QED) is 0.399. The summed E-state index contributed by atoms with van der Waals surface area (Å²) >= 11 is 0. The van der Waals surface area contributed by atoms with Crippen LogP contribution >= 0.6 is 0 Å². The van der Waals surface area contributed by atoms with E-state index in [0.29, 0.717) is 19.6 Å². The van der Waals surface area contributed by atoms with E-state index in [9.17, 15) is 4.79 Å². The topological polar surface area (TPSA) is 78.3 Å². The first-order valence-electron chi connectivity index (χ1n) is 7.84. The van der Waals surface area contributed by atoms with Crippen LogP contribution in [0.5, 0.6) is 0 Å². The highest BCUT2D eigenvalue weighted by Gasteiger charge is 2.13. The Morgan fingerprint density at radius 2 is 1.63 bits per heavy atom. The maximum atomic E-state index is 11.5. The fourth-order valence-electron chi connectivity index (χ4n) is 1.97. The van der Waals surface area contributed by atoms with Crippen LogP contribution in [0.3, 0.4) is 0 Å². The zero-order valence-corrected chi connectivity index (χ0v) is 12.5. The lowest BCUT2D eigenvalue weighted by atomic mass is 10.1. The smallest absolute Gasteiger partial charge is 0.322 e. The van der Waals surface area contributed by atoms with E-state index in [1.54, 1.807) is 0 Å². The van der Waals surface area contributed by atoms with Gasteiger partial charge in [-0.3, -0.25) is 4.79 Å². The van der Waals surface area contributed by atoms with Crippen molar-refractivity contribution in [2.45, 2.75) is 77.2 Å². The molecule has 0 aliphatic heterocycles. The molecule has 0 spiro atoms. The first kappa shape index (κ1) is 18.4. The van der Waals surface area contributed by atoms with Gasteiger partial charge in [0, 0.05) is 0 Å². The molecule has 114 valence electrons. The molecule has 0 rings (SSSR count). The first-order valence-corrected chi connectivity index (χ1v) is 7.84. The molecule has 0 amide bonds. The van der Waals surface area contributed by atoms with Crippen molar-refractivity contribution < 1.29 is 9.53 Å². The molecule has 4 N–H and O–H groups in total. The van der Waals surface area contributed by atoms with E-state index in [1.165, 1.54) is 32.1 Å². The number of carbonyl (C=O) groups is 1. The monoisotopic (exact) mass is 272 g/mol. The summed E-state index contributed by atoms with van der Waals surface area (Å²) < 4.78 is 5.17. The highest BCUT2D eigenvalue weighted by Crippen LogP contribution is 2.07. The van der Waals surface area contributed by atoms with Gasteiger partial charge >= 0.3 is 5.97 Å². The maximum absolute atomic E-state index is 11.5. The van der Waals surface area contributed by atoms with E-state index in [-0.39, 0.29) is 5.97 Å². The third-order valence-corrected chi connectivity index (χ3v) is 3.26. The molecule has 19 heavy (non-hydrogen) atoms. The van der Waals surface area contributed by atoms with Crippen LogP contribution in [0.25, 0.3) is 0 Å². The van der Waals surface area contributed by atoms with Crippen LogP contribution in [0.15, 0.2) is 0 Å². The number of nitrogens with two attached hydrogens (primary N) is 2. The summed E-state index contributed by atoms with van der Waals surface area (Å²) in [5.41, 5.74) is 11.1. The van der Waals surface area contributed by atoms with Crippen molar-refractivity contribution in [1.29, 1.82) is 0 Å². The average Bonchev–Trinajstić information content (AvgIpc) is 2.41. The molecule has 4 nitrogen and oxygen atoms in total. The summed E-state index contributed by atoms with van der Waals surface area (Å²) in [5.74, 6) is -0.261. The van der Waals surface area contributed by atoms with Gasteiger partial charge in [-0.15, -0.1) is 0 Å². The van der Waals surface area contributed by atoms with Crippen LogP contribution in [0, 0.1) is 0 Å². The first-order chi connectivity index (χ1) is 9.22. The van der Waals surface area contributed by atoms with Gasteiger partial charge in [0.25, 0.3) is 0 Å². The van der Waals surface area contributed by atoms with Crippen molar-refractivity contribution in [1.82, 2.24) is 0 Å². The molecule has 0 radical (unpaired) electrons. The Morgan fingerprint density at radius 1 is 1.00 bits per heavy atom. The third kappa shape index (κ3) is 12.2.